The monoisotopic (exact) mass is 265 g/mol. The third-order valence-electron chi connectivity index (χ3n) is 5.39. The van der Waals surface area contributed by atoms with Gasteiger partial charge in [-0.1, -0.05) is 33.6 Å². The molecule has 2 rings (SSSR count). The maximum atomic E-state index is 12.5. The first kappa shape index (κ1) is 15.0. The van der Waals surface area contributed by atoms with Gasteiger partial charge in [0, 0.05) is 17.9 Å². The van der Waals surface area contributed by atoms with Gasteiger partial charge < -0.3 is 4.90 Å². The Bertz CT molecular complexity index is 310. The molecule has 1 saturated carbocycles. The molecule has 0 N–H and O–H groups in total. The van der Waals surface area contributed by atoms with Gasteiger partial charge in [0.15, 0.2) is 0 Å². The average molecular weight is 265 g/mol. The van der Waals surface area contributed by atoms with Crippen LogP contribution in [-0.4, -0.2) is 30.3 Å². The summed E-state index contributed by atoms with van der Waals surface area (Å²) < 4.78 is 0. The van der Waals surface area contributed by atoms with Crippen molar-refractivity contribution in [2.24, 2.45) is 17.3 Å². The van der Waals surface area contributed by atoms with Gasteiger partial charge in [0.2, 0.25) is 0 Å². The molecule has 1 saturated heterocycles. The Hall–Kier alpha value is -0.370. The molecule has 19 heavy (non-hydrogen) atoms. The standard InChI is InChI=1S/C17H31NO/c1-4-14-7-6-11-18(12-9-14)13-15-8-5-10-17(2,3)16(15)19/h14-15H,4-13H2,1-3H3. The van der Waals surface area contributed by atoms with E-state index < -0.39 is 0 Å². The van der Waals surface area contributed by atoms with Gasteiger partial charge in [-0.2, -0.15) is 0 Å². The minimum absolute atomic E-state index is 0.0687. The molecule has 0 bridgehead atoms. The summed E-state index contributed by atoms with van der Waals surface area (Å²) in [5.41, 5.74) is -0.0687. The summed E-state index contributed by atoms with van der Waals surface area (Å²) in [4.78, 5) is 15.1. The molecule has 110 valence electrons. The number of nitrogens with zero attached hydrogens (tertiary/aromatic N) is 1. The summed E-state index contributed by atoms with van der Waals surface area (Å²) in [6.45, 7) is 10.0. The Morgan fingerprint density at radius 2 is 1.95 bits per heavy atom. The van der Waals surface area contributed by atoms with E-state index in [1.807, 2.05) is 0 Å². The number of Topliss-reactive ketones (excluding diaryl/α,β-unsaturated/α-hetero) is 1. The third kappa shape index (κ3) is 3.81. The molecule has 2 atom stereocenters. The van der Waals surface area contributed by atoms with E-state index in [4.69, 9.17) is 0 Å². The highest BCUT2D eigenvalue weighted by Gasteiger charge is 2.37. The number of ketones is 1. The Morgan fingerprint density at radius 3 is 2.68 bits per heavy atom. The van der Waals surface area contributed by atoms with Crippen molar-refractivity contribution in [1.82, 2.24) is 4.90 Å². The summed E-state index contributed by atoms with van der Waals surface area (Å²) in [5, 5.41) is 0. The SMILES string of the molecule is CCC1CCCN(CC2CCCC(C)(C)C2=O)CC1. The maximum absolute atomic E-state index is 12.5. The molecule has 0 aromatic heterocycles. The third-order valence-corrected chi connectivity index (χ3v) is 5.39. The van der Waals surface area contributed by atoms with Crippen LogP contribution in [0.1, 0.15) is 65.7 Å². The van der Waals surface area contributed by atoms with Gasteiger partial charge in [0.05, 0.1) is 0 Å². The lowest BCUT2D eigenvalue weighted by Gasteiger charge is -2.36. The van der Waals surface area contributed by atoms with Gasteiger partial charge in [0.1, 0.15) is 5.78 Å². The zero-order valence-corrected chi connectivity index (χ0v) is 13.1. The molecular formula is C17H31NO. The van der Waals surface area contributed by atoms with Crippen molar-refractivity contribution >= 4 is 5.78 Å². The van der Waals surface area contributed by atoms with Crippen molar-refractivity contribution < 1.29 is 4.79 Å². The van der Waals surface area contributed by atoms with E-state index in [9.17, 15) is 4.79 Å². The zero-order valence-electron chi connectivity index (χ0n) is 13.1. The summed E-state index contributed by atoms with van der Waals surface area (Å²) in [6, 6.07) is 0. The summed E-state index contributed by atoms with van der Waals surface area (Å²) >= 11 is 0. The first-order valence-corrected chi connectivity index (χ1v) is 8.29. The second-order valence-corrected chi connectivity index (χ2v) is 7.34. The van der Waals surface area contributed by atoms with Crippen molar-refractivity contribution in [3.63, 3.8) is 0 Å². The molecular weight excluding hydrogens is 234 g/mol. The van der Waals surface area contributed by atoms with Crippen LogP contribution in [0.25, 0.3) is 0 Å². The maximum Gasteiger partial charge on any atom is 0.142 e. The number of hydrogen-bond donors (Lipinski definition) is 0. The number of hydrogen-bond acceptors (Lipinski definition) is 2. The summed E-state index contributed by atoms with van der Waals surface area (Å²) in [7, 11) is 0. The highest BCUT2D eigenvalue weighted by Crippen LogP contribution is 2.36. The predicted molar refractivity (Wildman–Crippen MR) is 80.2 cm³/mol. The van der Waals surface area contributed by atoms with Gasteiger partial charge in [-0.05, 0) is 51.1 Å². The lowest BCUT2D eigenvalue weighted by molar-refractivity contribution is -0.135. The largest absolute Gasteiger partial charge is 0.303 e. The van der Waals surface area contributed by atoms with Crippen LogP contribution in [0.5, 0.6) is 0 Å². The molecule has 0 spiro atoms. The molecule has 2 nitrogen and oxygen atoms in total. The fourth-order valence-electron chi connectivity index (χ4n) is 3.90. The molecule has 1 aliphatic heterocycles. The van der Waals surface area contributed by atoms with Crippen molar-refractivity contribution in [3.05, 3.63) is 0 Å². The van der Waals surface area contributed by atoms with Crippen LogP contribution in [0.3, 0.4) is 0 Å². The van der Waals surface area contributed by atoms with Crippen molar-refractivity contribution in [2.45, 2.75) is 65.7 Å². The lowest BCUT2D eigenvalue weighted by Crippen LogP contribution is -2.42. The number of rotatable bonds is 3. The minimum atomic E-state index is -0.0687. The number of likely N-dealkylation sites (tertiary alicyclic amines) is 1. The second kappa shape index (κ2) is 6.39. The Balaban J connectivity index is 1.88. The molecule has 0 aromatic carbocycles. The van der Waals surface area contributed by atoms with Crippen LogP contribution in [0, 0.1) is 17.3 Å². The fourth-order valence-corrected chi connectivity index (χ4v) is 3.90. The summed E-state index contributed by atoms with van der Waals surface area (Å²) in [5.74, 6) is 1.75. The van der Waals surface area contributed by atoms with Gasteiger partial charge in [-0.3, -0.25) is 4.79 Å². The normalized spacial score (nSPS) is 33.1. The highest BCUT2D eigenvalue weighted by molar-refractivity contribution is 5.87. The zero-order chi connectivity index (χ0) is 13.9. The molecule has 0 aromatic rings. The second-order valence-electron chi connectivity index (χ2n) is 7.34. The van der Waals surface area contributed by atoms with Crippen molar-refractivity contribution in [1.29, 1.82) is 0 Å². The first-order valence-electron chi connectivity index (χ1n) is 8.29. The molecule has 2 unspecified atom stereocenters. The molecule has 2 fully saturated rings. The molecule has 0 radical (unpaired) electrons. The van der Waals surface area contributed by atoms with Gasteiger partial charge >= 0.3 is 0 Å². The Kier molecular flexibility index (Phi) is 5.05. The molecule has 0 amide bonds. The average Bonchev–Trinajstić information content (AvgIpc) is 2.60. The Labute approximate surface area is 118 Å². The van der Waals surface area contributed by atoms with Gasteiger partial charge in [-0.25, -0.2) is 0 Å². The summed E-state index contributed by atoms with van der Waals surface area (Å²) in [6.07, 6.45) is 8.80. The fraction of sp³-hybridized carbons (Fsp3) is 0.941. The lowest BCUT2D eigenvalue weighted by atomic mass is 9.71. The highest BCUT2D eigenvalue weighted by atomic mass is 16.1. The van der Waals surface area contributed by atoms with Crippen LogP contribution in [0.15, 0.2) is 0 Å². The smallest absolute Gasteiger partial charge is 0.142 e. The molecule has 2 heteroatoms. The van der Waals surface area contributed by atoms with E-state index in [2.05, 4.69) is 25.7 Å². The van der Waals surface area contributed by atoms with Crippen LogP contribution < -0.4 is 0 Å². The van der Waals surface area contributed by atoms with E-state index in [1.54, 1.807) is 0 Å². The van der Waals surface area contributed by atoms with Crippen LogP contribution in [-0.2, 0) is 4.79 Å². The van der Waals surface area contributed by atoms with Crippen LogP contribution in [0.4, 0.5) is 0 Å². The van der Waals surface area contributed by atoms with Crippen LogP contribution in [0.2, 0.25) is 0 Å². The molecule has 1 aliphatic carbocycles. The van der Waals surface area contributed by atoms with Crippen molar-refractivity contribution in [3.8, 4) is 0 Å². The van der Waals surface area contributed by atoms with Gasteiger partial charge in [0.25, 0.3) is 0 Å². The number of carbonyl (C=O) groups is 1. The number of carbonyl (C=O) groups excluding carboxylic acids is 1. The molecule has 1 heterocycles. The first-order chi connectivity index (χ1) is 9.03. The van der Waals surface area contributed by atoms with E-state index in [0.717, 1.165) is 25.3 Å². The van der Waals surface area contributed by atoms with E-state index >= 15 is 0 Å². The molecule has 2 aliphatic rings. The quantitative estimate of drug-likeness (QED) is 0.771. The predicted octanol–water partition coefficient (Wildman–Crippen LogP) is 3.89. The van der Waals surface area contributed by atoms with E-state index in [1.165, 1.54) is 45.2 Å². The topological polar surface area (TPSA) is 20.3 Å². The van der Waals surface area contributed by atoms with E-state index in [-0.39, 0.29) is 5.41 Å². The van der Waals surface area contributed by atoms with Crippen LogP contribution >= 0.6 is 0 Å². The minimum Gasteiger partial charge on any atom is -0.303 e. The van der Waals surface area contributed by atoms with E-state index in [0.29, 0.717) is 11.7 Å². The van der Waals surface area contributed by atoms with Crippen molar-refractivity contribution in [2.75, 3.05) is 19.6 Å². The Morgan fingerprint density at radius 1 is 1.16 bits per heavy atom. The van der Waals surface area contributed by atoms with Gasteiger partial charge in [-0.15, -0.1) is 0 Å².